The van der Waals surface area contributed by atoms with E-state index in [4.69, 9.17) is 14.0 Å². The Balaban J connectivity index is 1.43. The number of nitrogens with zero attached hydrogens (tertiary/aromatic N) is 2. The first-order valence-corrected chi connectivity index (χ1v) is 17.1. The van der Waals surface area contributed by atoms with Crippen molar-refractivity contribution >= 4 is 5.91 Å². The smallest absolute Gasteiger partial charge is 0.274 e. The van der Waals surface area contributed by atoms with Gasteiger partial charge in [-0.1, -0.05) is 110 Å². The lowest BCUT2D eigenvalue weighted by atomic mass is 9.93. The lowest BCUT2D eigenvalue weighted by Crippen LogP contribution is -2.29. The molecule has 1 N–H and O–H groups in total. The van der Waals surface area contributed by atoms with E-state index in [0.717, 1.165) is 53.2 Å². The predicted molar refractivity (Wildman–Crippen MR) is 190 cm³/mol. The molecule has 5 aromatic rings. The fourth-order valence-corrected chi connectivity index (χ4v) is 6.22. The number of carbonyl (C=O) groups is 1. The first kappa shape index (κ1) is 33.0. The van der Waals surface area contributed by atoms with Crippen LogP contribution in [-0.4, -0.2) is 35.6 Å². The highest BCUT2D eigenvalue weighted by Crippen LogP contribution is 2.44. The molecule has 0 aliphatic carbocycles. The normalized spacial score (nSPS) is 13.4. The van der Waals surface area contributed by atoms with E-state index in [9.17, 15) is 4.79 Å². The van der Waals surface area contributed by atoms with Crippen molar-refractivity contribution < 1.29 is 18.8 Å². The van der Waals surface area contributed by atoms with Crippen molar-refractivity contribution in [3.63, 3.8) is 0 Å². The van der Waals surface area contributed by atoms with Gasteiger partial charge >= 0.3 is 0 Å². The van der Waals surface area contributed by atoms with Gasteiger partial charge < -0.3 is 19.3 Å². The van der Waals surface area contributed by atoms with Crippen LogP contribution in [0.3, 0.4) is 0 Å². The Labute approximate surface area is 283 Å². The quantitative estimate of drug-likeness (QED) is 0.138. The molecule has 1 saturated heterocycles. The zero-order valence-corrected chi connectivity index (χ0v) is 28.2. The molecule has 1 amide bonds. The van der Waals surface area contributed by atoms with Crippen LogP contribution < -0.4 is 14.8 Å². The van der Waals surface area contributed by atoms with E-state index in [-0.39, 0.29) is 17.5 Å². The van der Waals surface area contributed by atoms with Crippen molar-refractivity contribution in [2.75, 3.05) is 19.6 Å². The topological polar surface area (TPSA) is 76.8 Å². The zero-order valence-electron chi connectivity index (χ0n) is 28.2. The number of aromatic nitrogens is 1. The number of hydrogen-bond donors (Lipinski definition) is 1. The second-order valence-electron chi connectivity index (χ2n) is 12.7. The number of piperidine rings is 1. The Morgan fingerprint density at radius 1 is 0.812 bits per heavy atom. The highest BCUT2D eigenvalue weighted by molar-refractivity contribution is 6.02. The number of likely N-dealkylation sites (tertiary alicyclic amines) is 1. The standard InChI is InChI=1S/C41H45N3O4/c1-4-42-41(45)39-38(33-20-18-30(19-21-33)26-44-22-12-7-13-23-44)40(48-43-39)35-24-34(29(2)3)36(46-27-31-14-8-5-9-15-31)25-37(35)47-28-32-16-10-6-11-17-32/h5-6,8-11,14-21,24-25,29H,4,7,12-13,22-23,26-28H2,1-3H3,(H,42,45). The number of rotatable bonds is 13. The van der Waals surface area contributed by atoms with E-state index in [1.807, 2.05) is 61.5 Å². The molecular formula is C41H45N3O4. The Bertz CT molecular complexity index is 1780. The van der Waals surface area contributed by atoms with Crippen LogP contribution in [0, 0.1) is 0 Å². The van der Waals surface area contributed by atoms with Crippen LogP contribution in [0.25, 0.3) is 22.5 Å². The van der Waals surface area contributed by atoms with Crippen LogP contribution in [0.4, 0.5) is 0 Å². The highest BCUT2D eigenvalue weighted by Gasteiger charge is 2.28. The Morgan fingerprint density at radius 2 is 1.44 bits per heavy atom. The maximum absolute atomic E-state index is 13.4. The summed E-state index contributed by atoms with van der Waals surface area (Å²) in [6, 6.07) is 32.7. The maximum atomic E-state index is 13.4. The molecule has 0 saturated carbocycles. The fraction of sp³-hybridized carbons (Fsp3) is 0.317. The summed E-state index contributed by atoms with van der Waals surface area (Å²) in [6.07, 6.45) is 3.81. The molecule has 0 atom stereocenters. The van der Waals surface area contributed by atoms with Gasteiger partial charge in [0.15, 0.2) is 11.5 Å². The van der Waals surface area contributed by atoms with Crippen molar-refractivity contribution in [3.05, 3.63) is 125 Å². The lowest BCUT2D eigenvalue weighted by molar-refractivity contribution is 0.0947. The number of benzene rings is 4. The monoisotopic (exact) mass is 643 g/mol. The maximum Gasteiger partial charge on any atom is 0.274 e. The minimum Gasteiger partial charge on any atom is -0.488 e. The molecule has 7 heteroatoms. The van der Waals surface area contributed by atoms with Gasteiger partial charge in [0.25, 0.3) is 5.91 Å². The van der Waals surface area contributed by atoms with Gasteiger partial charge in [0, 0.05) is 19.2 Å². The van der Waals surface area contributed by atoms with Crippen molar-refractivity contribution in [2.45, 2.75) is 65.7 Å². The minimum absolute atomic E-state index is 0.140. The van der Waals surface area contributed by atoms with Crippen molar-refractivity contribution in [1.29, 1.82) is 0 Å². The van der Waals surface area contributed by atoms with Crippen molar-refractivity contribution in [2.24, 2.45) is 0 Å². The third-order valence-electron chi connectivity index (χ3n) is 8.79. The van der Waals surface area contributed by atoms with Crippen LogP contribution in [0.15, 0.2) is 102 Å². The van der Waals surface area contributed by atoms with E-state index in [0.29, 0.717) is 36.8 Å². The first-order valence-electron chi connectivity index (χ1n) is 17.1. The summed E-state index contributed by atoms with van der Waals surface area (Å²) in [4.78, 5) is 15.9. The molecule has 0 unspecified atom stereocenters. The summed E-state index contributed by atoms with van der Waals surface area (Å²) >= 11 is 0. The second-order valence-corrected chi connectivity index (χ2v) is 12.7. The molecule has 6 rings (SSSR count). The molecule has 1 aromatic heterocycles. The predicted octanol–water partition coefficient (Wildman–Crippen LogP) is 9.03. The minimum atomic E-state index is -0.279. The van der Waals surface area contributed by atoms with Crippen molar-refractivity contribution in [3.8, 4) is 33.9 Å². The molecule has 1 aliphatic heterocycles. The van der Waals surface area contributed by atoms with Gasteiger partial charge in [0.2, 0.25) is 0 Å². The zero-order chi connectivity index (χ0) is 33.3. The molecule has 1 fully saturated rings. The Kier molecular flexibility index (Phi) is 10.9. The van der Waals surface area contributed by atoms with Gasteiger partial charge in [0.05, 0.1) is 11.1 Å². The van der Waals surface area contributed by atoms with E-state index < -0.39 is 0 Å². The fourth-order valence-electron chi connectivity index (χ4n) is 6.22. The number of hydrogen-bond acceptors (Lipinski definition) is 6. The number of nitrogens with one attached hydrogen (secondary N) is 1. The van der Waals surface area contributed by atoms with Crippen molar-refractivity contribution in [1.82, 2.24) is 15.4 Å². The van der Waals surface area contributed by atoms with Gasteiger partial charge in [-0.05, 0) is 72.7 Å². The molecule has 0 bridgehead atoms. The summed E-state index contributed by atoms with van der Waals surface area (Å²) in [5.74, 6) is 1.68. The Hall–Kier alpha value is -4.88. The summed E-state index contributed by atoms with van der Waals surface area (Å²) in [7, 11) is 0. The summed E-state index contributed by atoms with van der Waals surface area (Å²) < 4.78 is 19.1. The molecule has 48 heavy (non-hydrogen) atoms. The molecule has 0 radical (unpaired) electrons. The number of carbonyl (C=O) groups excluding carboxylic acids is 1. The molecule has 7 nitrogen and oxygen atoms in total. The first-order chi connectivity index (χ1) is 23.5. The average Bonchev–Trinajstić information content (AvgIpc) is 3.56. The number of amides is 1. The molecule has 1 aliphatic rings. The van der Waals surface area contributed by atoms with Crippen LogP contribution in [-0.2, 0) is 19.8 Å². The van der Waals surface area contributed by atoms with Gasteiger partial charge in [-0.15, -0.1) is 0 Å². The SMILES string of the molecule is CCNC(=O)c1noc(-c2cc(C(C)C)c(OCc3ccccc3)cc2OCc2ccccc2)c1-c1ccc(CN2CCCCC2)cc1. The highest BCUT2D eigenvalue weighted by atomic mass is 16.5. The van der Waals surface area contributed by atoms with E-state index in [1.54, 1.807) is 0 Å². The van der Waals surface area contributed by atoms with Gasteiger partial charge in [-0.2, -0.15) is 0 Å². The summed E-state index contributed by atoms with van der Waals surface area (Å²) in [5.41, 5.74) is 6.84. The third kappa shape index (κ3) is 7.97. The molecular weight excluding hydrogens is 598 g/mol. The number of ether oxygens (including phenoxy) is 2. The molecule has 4 aromatic carbocycles. The van der Waals surface area contributed by atoms with Crippen LogP contribution in [0.2, 0.25) is 0 Å². The van der Waals surface area contributed by atoms with E-state index in [1.165, 1.54) is 24.8 Å². The Morgan fingerprint density at radius 3 is 2.04 bits per heavy atom. The molecule has 2 heterocycles. The second kappa shape index (κ2) is 15.8. The largest absolute Gasteiger partial charge is 0.488 e. The summed E-state index contributed by atoms with van der Waals surface area (Å²) in [6.45, 7) is 10.6. The van der Waals surface area contributed by atoms with Crippen LogP contribution >= 0.6 is 0 Å². The lowest BCUT2D eigenvalue weighted by Gasteiger charge is -2.26. The van der Waals surface area contributed by atoms with Gasteiger partial charge in [-0.25, -0.2) is 0 Å². The van der Waals surface area contributed by atoms with E-state index >= 15 is 0 Å². The summed E-state index contributed by atoms with van der Waals surface area (Å²) in [5, 5.41) is 7.27. The third-order valence-corrected chi connectivity index (χ3v) is 8.79. The van der Waals surface area contributed by atoms with E-state index in [2.05, 4.69) is 71.7 Å². The molecule has 248 valence electrons. The average molecular weight is 644 g/mol. The molecule has 0 spiro atoms. The van der Waals surface area contributed by atoms with Gasteiger partial charge in [-0.3, -0.25) is 9.69 Å². The van der Waals surface area contributed by atoms with Gasteiger partial charge in [0.1, 0.15) is 24.7 Å². The van der Waals surface area contributed by atoms with Crippen LogP contribution in [0.5, 0.6) is 11.5 Å². The van der Waals surface area contributed by atoms with Crippen LogP contribution in [0.1, 0.15) is 78.7 Å².